The molecule has 0 atom stereocenters. The number of hydrogen-bond acceptors (Lipinski definition) is 6. The van der Waals surface area contributed by atoms with E-state index in [2.05, 4.69) is 30.1 Å². The van der Waals surface area contributed by atoms with Crippen LogP contribution in [0.15, 0.2) is 67.4 Å². The molecule has 8 nitrogen and oxygen atoms in total. The minimum atomic E-state index is -2.66. The zero-order valence-corrected chi connectivity index (χ0v) is 20.5. The van der Waals surface area contributed by atoms with Gasteiger partial charge in [0.1, 0.15) is 16.7 Å². The van der Waals surface area contributed by atoms with Crippen molar-refractivity contribution in [2.24, 2.45) is 0 Å². The van der Waals surface area contributed by atoms with E-state index in [-0.39, 0.29) is 18.5 Å². The van der Waals surface area contributed by atoms with Gasteiger partial charge in [-0.15, -0.1) is 0 Å². The molecule has 1 aliphatic rings. The van der Waals surface area contributed by atoms with Crippen molar-refractivity contribution in [1.82, 2.24) is 40.0 Å². The summed E-state index contributed by atoms with van der Waals surface area (Å²) in [5.74, 6) is -2.66. The van der Waals surface area contributed by atoms with Crippen molar-refractivity contribution >= 4 is 21.9 Å². The Morgan fingerprint density at radius 3 is 2.62 bits per heavy atom. The number of aromatic nitrogens is 7. The van der Waals surface area contributed by atoms with Crippen molar-refractivity contribution in [2.45, 2.75) is 18.9 Å². The number of halogens is 3. The molecular formula is C28H21F3N8. The number of nitrogens with zero attached hydrogens (tertiary/aromatic N) is 6. The molecule has 0 saturated carbocycles. The molecule has 194 valence electrons. The van der Waals surface area contributed by atoms with Gasteiger partial charge in [0.25, 0.3) is 5.92 Å². The largest absolute Gasteiger partial charge is 0.337 e. The van der Waals surface area contributed by atoms with Gasteiger partial charge in [0, 0.05) is 67.0 Å². The summed E-state index contributed by atoms with van der Waals surface area (Å²) in [6, 6.07) is 10.6. The van der Waals surface area contributed by atoms with Gasteiger partial charge in [-0.25, -0.2) is 18.2 Å². The van der Waals surface area contributed by atoms with Crippen molar-refractivity contribution in [3.63, 3.8) is 0 Å². The van der Waals surface area contributed by atoms with Crippen LogP contribution in [0.5, 0.6) is 0 Å². The Bertz CT molecular complexity index is 1830. The maximum atomic E-state index is 15.2. The SMILES string of the molecule is Fc1cc(-c2cncc(CN3CCC(F)(F)C3)c2)cc2c(-c3nc4c(-c5ccncc5)nccc4[nH]3)[nH]nc12. The van der Waals surface area contributed by atoms with Crippen LogP contribution in [0.4, 0.5) is 13.2 Å². The third-order valence-electron chi connectivity index (χ3n) is 6.99. The highest BCUT2D eigenvalue weighted by Crippen LogP contribution is 2.34. The molecular weight excluding hydrogens is 505 g/mol. The fraction of sp³-hybridized carbons (Fsp3) is 0.179. The summed E-state index contributed by atoms with van der Waals surface area (Å²) in [7, 11) is 0. The fourth-order valence-corrected chi connectivity index (χ4v) is 5.13. The number of benzene rings is 1. The number of pyridine rings is 3. The van der Waals surface area contributed by atoms with E-state index in [9.17, 15) is 8.78 Å². The summed E-state index contributed by atoms with van der Waals surface area (Å²) in [4.78, 5) is 22.7. The average molecular weight is 527 g/mol. The van der Waals surface area contributed by atoms with Gasteiger partial charge in [-0.1, -0.05) is 0 Å². The normalized spacial score (nSPS) is 15.5. The number of rotatable bonds is 5. The van der Waals surface area contributed by atoms with Crippen LogP contribution < -0.4 is 0 Å². The lowest BCUT2D eigenvalue weighted by atomic mass is 10.0. The molecule has 2 N–H and O–H groups in total. The van der Waals surface area contributed by atoms with Crippen molar-refractivity contribution in [1.29, 1.82) is 0 Å². The Morgan fingerprint density at radius 1 is 0.923 bits per heavy atom. The lowest BCUT2D eigenvalue weighted by Gasteiger charge is -2.15. The van der Waals surface area contributed by atoms with Crippen LogP contribution in [0, 0.1) is 5.82 Å². The van der Waals surface area contributed by atoms with E-state index in [1.807, 2.05) is 30.3 Å². The Hall–Kier alpha value is -4.64. The first kappa shape index (κ1) is 23.5. The number of nitrogens with one attached hydrogen (secondary N) is 2. The minimum absolute atomic E-state index is 0.146. The van der Waals surface area contributed by atoms with Gasteiger partial charge in [0.05, 0.1) is 17.8 Å². The summed E-state index contributed by atoms with van der Waals surface area (Å²) < 4.78 is 42.5. The van der Waals surface area contributed by atoms with Gasteiger partial charge >= 0.3 is 0 Å². The quantitative estimate of drug-likeness (QED) is 0.303. The van der Waals surface area contributed by atoms with E-state index >= 15 is 4.39 Å². The molecule has 6 heterocycles. The summed E-state index contributed by atoms with van der Waals surface area (Å²) >= 11 is 0. The molecule has 0 bridgehead atoms. The first-order chi connectivity index (χ1) is 18.9. The van der Waals surface area contributed by atoms with E-state index in [1.165, 1.54) is 6.07 Å². The van der Waals surface area contributed by atoms with Crippen LogP contribution >= 0.6 is 0 Å². The number of imidazole rings is 1. The van der Waals surface area contributed by atoms with Gasteiger partial charge < -0.3 is 4.98 Å². The molecule has 0 amide bonds. The molecule has 11 heteroatoms. The smallest absolute Gasteiger partial charge is 0.261 e. The molecule has 1 aromatic carbocycles. The number of H-pyrrole nitrogens is 2. The molecule has 0 radical (unpaired) electrons. The molecule has 1 saturated heterocycles. The van der Waals surface area contributed by atoms with E-state index in [4.69, 9.17) is 4.98 Å². The summed E-state index contributed by atoms with van der Waals surface area (Å²) in [6.45, 7) is 0.406. The minimum Gasteiger partial charge on any atom is -0.337 e. The summed E-state index contributed by atoms with van der Waals surface area (Å²) in [5.41, 5.74) is 5.80. The lowest BCUT2D eigenvalue weighted by molar-refractivity contribution is 0.0115. The van der Waals surface area contributed by atoms with Crippen LogP contribution in [0.25, 0.3) is 55.8 Å². The summed E-state index contributed by atoms with van der Waals surface area (Å²) in [6.07, 6.45) is 8.23. The van der Waals surface area contributed by atoms with Gasteiger partial charge in [-0.2, -0.15) is 5.10 Å². The van der Waals surface area contributed by atoms with Crippen LogP contribution in [0.2, 0.25) is 0 Å². The predicted molar refractivity (Wildman–Crippen MR) is 140 cm³/mol. The first-order valence-electron chi connectivity index (χ1n) is 12.4. The van der Waals surface area contributed by atoms with Gasteiger partial charge in [0.2, 0.25) is 0 Å². The first-order valence-corrected chi connectivity index (χ1v) is 12.4. The molecule has 0 unspecified atom stereocenters. The fourth-order valence-electron chi connectivity index (χ4n) is 5.13. The van der Waals surface area contributed by atoms with Crippen molar-refractivity contribution in [2.75, 3.05) is 13.1 Å². The Labute approximate surface area is 220 Å². The predicted octanol–water partition coefficient (Wildman–Crippen LogP) is 5.61. The second-order valence-corrected chi connectivity index (χ2v) is 9.73. The van der Waals surface area contributed by atoms with Crippen molar-refractivity contribution < 1.29 is 13.2 Å². The summed E-state index contributed by atoms with van der Waals surface area (Å²) in [5, 5.41) is 7.68. The second-order valence-electron chi connectivity index (χ2n) is 9.73. The molecule has 0 aliphatic carbocycles. The number of likely N-dealkylation sites (tertiary alicyclic amines) is 1. The van der Waals surface area contributed by atoms with Gasteiger partial charge in [0.15, 0.2) is 11.6 Å². The Kier molecular flexibility index (Phi) is 5.41. The van der Waals surface area contributed by atoms with E-state index in [0.29, 0.717) is 52.3 Å². The van der Waals surface area contributed by atoms with Crippen molar-refractivity contribution in [3.8, 4) is 33.9 Å². The highest BCUT2D eigenvalue weighted by Gasteiger charge is 2.37. The molecule has 5 aromatic heterocycles. The maximum Gasteiger partial charge on any atom is 0.261 e. The maximum absolute atomic E-state index is 15.2. The highest BCUT2D eigenvalue weighted by molar-refractivity contribution is 5.97. The third kappa shape index (κ3) is 4.30. The molecule has 1 aliphatic heterocycles. The van der Waals surface area contributed by atoms with Crippen LogP contribution in [-0.2, 0) is 6.54 Å². The standard InChI is InChI=1S/C28H21F3N8/c29-21-11-18(19-9-16(12-33-13-19)14-39-8-4-28(30,31)15-39)10-20-24(21)37-38-25(20)27-35-22-3-7-34-23(26(22)36-27)17-1-5-32-6-2-17/h1-3,5-7,9-13H,4,8,14-15H2,(H,35,36)(H,37,38). The lowest BCUT2D eigenvalue weighted by Crippen LogP contribution is -2.24. The Balaban J connectivity index is 1.27. The Morgan fingerprint density at radius 2 is 1.79 bits per heavy atom. The zero-order chi connectivity index (χ0) is 26.6. The van der Waals surface area contributed by atoms with E-state index < -0.39 is 11.7 Å². The van der Waals surface area contributed by atoms with Crippen LogP contribution in [-0.4, -0.2) is 59.0 Å². The topological polar surface area (TPSA) is 99.3 Å². The van der Waals surface area contributed by atoms with E-state index in [0.717, 1.165) is 16.6 Å². The monoisotopic (exact) mass is 526 g/mol. The highest BCUT2D eigenvalue weighted by atomic mass is 19.3. The van der Waals surface area contributed by atoms with E-state index in [1.54, 1.807) is 35.9 Å². The third-order valence-corrected chi connectivity index (χ3v) is 6.99. The van der Waals surface area contributed by atoms with Crippen LogP contribution in [0.1, 0.15) is 12.0 Å². The average Bonchev–Trinajstić information content (AvgIpc) is 3.65. The molecule has 0 spiro atoms. The number of alkyl halides is 2. The molecule has 6 aromatic rings. The van der Waals surface area contributed by atoms with Gasteiger partial charge in [-0.05, 0) is 47.5 Å². The molecule has 7 rings (SSSR count). The molecule has 1 fully saturated rings. The van der Waals surface area contributed by atoms with Crippen LogP contribution in [0.3, 0.4) is 0 Å². The number of aromatic amines is 2. The van der Waals surface area contributed by atoms with Gasteiger partial charge in [-0.3, -0.25) is 25.0 Å². The molecule has 39 heavy (non-hydrogen) atoms. The second kappa shape index (κ2) is 8.98. The zero-order valence-electron chi connectivity index (χ0n) is 20.5. The number of fused-ring (bicyclic) bond motifs is 2. The van der Waals surface area contributed by atoms with Crippen molar-refractivity contribution in [3.05, 3.63) is 78.8 Å². The number of hydrogen-bond donors (Lipinski definition) is 2.